The predicted octanol–water partition coefficient (Wildman–Crippen LogP) is 4.57. The molecule has 1 N–H and O–H groups in total. The lowest BCUT2D eigenvalue weighted by molar-refractivity contribution is 0.0975. The van der Waals surface area contributed by atoms with Gasteiger partial charge in [-0.1, -0.05) is 47.0 Å². The minimum Gasteiger partial charge on any atom is -0.501 e. The predicted molar refractivity (Wildman–Crippen MR) is 119 cm³/mol. The fourth-order valence-electron chi connectivity index (χ4n) is 3.65. The van der Waals surface area contributed by atoms with Crippen LogP contribution >= 0.6 is 34.5 Å². The number of benzene rings is 1. The molecule has 3 heterocycles. The SMILES string of the molecule is O=C(CCc1ccc(Cl)c(Cl)c1)c1nc2sc(CN3CCCCC3)cn2c(=O)c1O. The summed E-state index contributed by atoms with van der Waals surface area (Å²) in [5.41, 5.74) is 0.0560. The van der Waals surface area contributed by atoms with E-state index in [-0.39, 0.29) is 17.9 Å². The molecule has 0 spiro atoms. The van der Waals surface area contributed by atoms with Gasteiger partial charge in [0.25, 0.3) is 0 Å². The molecular formula is C21H21Cl2N3O3S. The van der Waals surface area contributed by atoms with E-state index in [9.17, 15) is 14.7 Å². The van der Waals surface area contributed by atoms with Gasteiger partial charge in [-0.15, -0.1) is 0 Å². The summed E-state index contributed by atoms with van der Waals surface area (Å²) in [6.45, 7) is 2.83. The highest BCUT2D eigenvalue weighted by Crippen LogP contribution is 2.25. The van der Waals surface area contributed by atoms with Crippen LogP contribution in [0.2, 0.25) is 10.0 Å². The van der Waals surface area contributed by atoms with Gasteiger partial charge in [0, 0.05) is 24.0 Å². The maximum atomic E-state index is 12.7. The van der Waals surface area contributed by atoms with E-state index in [0.29, 0.717) is 21.4 Å². The number of rotatable bonds is 6. The number of likely N-dealkylation sites (tertiary alicyclic amines) is 1. The van der Waals surface area contributed by atoms with Gasteiger partial charge in [-0.3, -0.25) is 18.9 Å². The Bertz CT molecular complexity index is 1150. The molecular weight excluding hydrogens is 445 g/mol. The Hall–Kier alpha value is -1.93. The molecule has 0 atom stereocenters. The maximum Gasteiger partial charge on any atom is 0.301 e. The van der Waals surface area contributed by atoms with Gasteiger partial charge in [-0.2, -0.15) is 0 Å². The second-order valence-corrected chi connectivity index (χ2v) is 9.38. The monoisotopic (exact) mass is 465 g/mol. The molecule has 0 bridgehead atoms. The highest BCUT2D eigenvalue weighted by molar-refractivity contribution is 7.17. The van der Waals surface area contributed by atoms with Gasteiger partial charge in [0.15, 0.2) is 16.4 Å². The van der Waals surface area contributed by atoms with Crippen molar-refractivity contribution in [1.82, 2.24) is 14.3 Å². The fraction of sp³-hybridized carbons (Fsp3) is 0.381. The molecule has 1 aliphatic heterocycles. The van der Waals surface area contributed by atoms with E-state index in [2.05, 4.69) is 9.88 Å². The number of Topliss-reactive ketones (excluding diaryl/α,β-unsaturated/α-hetero) is 1. The van der Waals surface area contributed by atoms with Crippen LogP contribution in [0.5, 0.6) is 5.75 Å². The number of aryl methyl sites for hydroxylation is 1. The number of carbonyl (C=O) groups excluding carboxylic acids is 1. The third-order valence-electron chi connectivity index (χ3n) is 5.27. The summed E-state index contributed by atoms with van der Waals surface area (Å²) in [6.07, 6.45) is 5.84. The number of thiazole rings is 1. The summed E-state index contributed by atoms with van der Waals surface area (Å²) in [4.78, 5) is 33.3. The summed E-state index contributed by atoms with van der Waals surface area (Å²) in [5.74, 6) is -0.988. The largest absolute Gasteiger partial charge is 0.501 e. The number of piperidine rings is 1. The first kappa shape index (κ1) is 21.3. The molecule has 0 unspecified atom stereocenters. The molecule has 0 radical (unpaired) electrons. The summed E-state index contributed by atoms with van der Waals surface area (Å²) in [6, 6.07) is 5.17. The van der Waals surface area contributed by atoms with Crippen LogP contribution in [-0.2, 0) is 13.0 Å². The zero-order valence-electron chi connectivity index (χ0n) is 16.2. The van der Waals surface area contributed by atoms with Crippen molar-refractivity contribution in [2.75, 3.05) is 13.1 Å². The minimum absolute atomic E-state index is 0.0974. The van der Waals surface area contributed by atoms with Gasteiger partial charge in [-0.05, 0) is 50.0 Å². The van der Waals surface area contributed by atoms with Crippen molar-refractivity contribution >= 4 is 45.3 Å². The molecule has 1 aromatic carbocycles. The number of aromatic nitrogens is 2. The average Bonchev–Trinajstić information content (AvgIpc) is 3.14. The molecule has 0 amide bonds. The molecule has 3 aromatic rings. The van der Waals surface area contributed by atoms with Crippen LogP contribution in [0.1, 0.15) is 46.6 Å². The van der Waals surface area contributed by atoms with Crippen molar-refractivity contribution in [3.63, 3.8) is 0 Å². The molecule has 0 aliphatic carbocycles. The molecule has 4 rings (SSSR count). The molecule has 6 nitrogen and oxygen atoms in total. The number of nitrogens with zero attached hydrogens (tertiary/aromatic N) is 3. The average molecular weight is 466 g/mol. The van der Waals surface area contributed by atoms with Crippen LogP contribution in [0.25, 0.3) is 4.96 Å². The molecule has 2 aromatic heterocycles. The third-order valence-corrected chi connectivity index (χ3v) is 6.98. The first-order chi connectivity index (χ1) is 14.4. The Labute approximate surface area is 187 Å². The van der Waals surface area contributed by atoms with Crippen molar-refractivity contribution in [2.24, 2.45) is 0 Å². The molecule has 1 fully saturated rings. The first-order valence-corrected chi connectivity index (χ1v) is 11.4. The van der Waals surface area contributed by atoms with E-state index in [1.54, 1.807) is 24.4 Å². The van der Waals surface area contributed by atoms with Crippen molar-refractivity contribution in [1.29, 1.82) is 0 Å². The molecule has 30 heavy (non-hydrogen) atoms. The topological polar surface area (TPSA) is 74.9 Å². The number of carbonyl (C=O) groups is 1. The lowest BCUT2D eigenvalue weighted by Gasteiger charge is -2.25. The van der Waals surface area contributed by atoms with E-state index in [1.807, 2.05) is 0 Å². The highest BCUT2D eigenvalue weighted by atomic mass is 35.5. The van der Waals surface area contributed by atoms with Crippen molar-refractivity contribution in [3.05, 3.63) is 60.9 Å². The number of fused-ring (bicyclic) bond motifs is 1. The number of halogens is 2. The second kappa shape index (κ2) is 9.06. The maximum absolute atomic E-state index is 12.7. The standard InChI is InChI=1S/C21H21Cl2N3O3S/c22-15-6-4-13(10-16(15)23)5-7-17(27)18-19(28)20(29)26-12-14(30-21(26)24-18)11-25-8-2-1-3-9-25/h4,6,10,12,28H,1-3,5,7-9,11H2. The normalized spacial score (nSPS) is 15.0. The van der Waals surface area contributed by atoms with Gasteiger partial charge in [-0.25, -0.2) is 4.98 Å². The number of hydrogen-bond acceptors (Lipinski definition) is 6. The highest BCUT2D eigenvalue weighted by Gasteiger charge is 2.21. The van der Waals surface area contributed by atoms with Crippen LogP contribution in [0.15, 0.2) is 29.2 Å². The van der Waals surface area contributed by atoms with Crippen molar-refractivity contribution < 1.29 is 9.90 Å². The van der Waals surface area contributed by atoms with Gasteiger partial charge in [0.1, 0.15) is 0 Å². The molecule has 158 valence electrons. The van der Waals surface area contributed by atoms with E-state index >= 15 is 0 Å². The van der Waals surface area contributed by atoms with Gasteiger partial charge < -0.3 is 5.11 Å². The van der Waals surface area contributed by atoms with Gasteiger partial charge in [0.05, 0.1) is 10.0 Å². The minimum atomic E-state index is -0.612. The number of ketones is 1. The first-order valence-electron chi connectivity index (χ1n) is 9.86. The van der Waals surface area contributed by atoms with Crippen molar-refractivity contribution in [2.45, 2.75) is 38.6 Å². The quantitative estimate of drug-likeness (QED) is 0.539. The van der Waals surface area contributed by atoms with Crippen LogP contribution in [0.3, 0.4) is 0 Å². The lowest BCUT2D eigenvalue weighted by Crippen LogP contribution is -2.28. The lowest BCUT2D eigenvalue weighted by atomic mass is 10.1. The van der Waals surface area contributed by atoms with Crippen molar-refractivity contribution in [3.8, 4) is 5.75 Å². The Morgan fingerprint density at radius 3 is 2.67 bits per heavy atom. The summed E-state index contributed by atoms with van der Waals surface area (Å²) in [7, 11) is 0. The van der Waals surface area contributed by atoms with Crippen LogP contribution in [0, 0.1) is 0 Å². The smallest absolute Gasteiger partial charge is 0.301 e. The summed E-state index contributed by atoms with van der Waals surface area (Å²) < 4.78 is 1.33. The molecule has 9 heteroatoms. The number of aromatic hydroxyl groups is 1. The fourth-order valence-corrected chi connectivity index (χ4v) is 4.99. The van der Waals surface area contributed by atoms with E-state index < -0.39 is 11.3 Å². The zero-order chi connectivity index (χ0) is 21.3. The Morgan fingerprint density at radius 2 is 1.93 bits per heavy atom. The summed E-state index contributed by atoms with van der Waals surface area (Å²) >= 11 is 13.3. The van der Waals surface area contributed by atoms with E-state index in [0.717, 1.165) is 30.1 Å². The van der Waals surface area contributed by atoms with Crippen LogP contribution < -0.4 is 5.56 Å². The van der Waals surface area contributed by atoms with E-state index in [1.165, 1.54) is 35.0 Å². The van der Waals surface area contributed by atoms with Gasteiger partial charge >= 0.3 is 5.56 Å². The molecule has 1 aliphatic rings. The van der Waals surface area contributed by atoms with E-state index in [4.69, 9.17) is 23.2 Å². The third kappa shape index (κ3) is 4.54. The molecule has 1 saturated heterocycles. The van der Waals surface area contributed by atoms with Gasteiger partial charge in [0.2, 0.25) is 5.75 Å². The van der Waals surface area contributed by atoms with Crippen LogP contribution in [0.4, 0.5) is 0 Å². The number of hydrogen-bond donors (Lipinski definition) is 1. The molecule has 0 saturated carbocycles. The Morgan fingerprint density at radius 1 is 1.17 bits per heavy atom. The second-order valence-electron chi connectivity index (χ2n) is 7.47. The summed E-state index contributed by atoms with van der Waals surface area (Å²) in [5, 5.41) is 11.2. The Balaban J connectivity index is 1.54. The zero-order valence-corrected chi connectivity index (χ0v) is 18.6. The Kier molecular flexibility index (Phi) is 6.43. The van der Waals surface area contributed by atoms with Crippen LogP contribution in [-0.4, -0.2) is 38.3 Å².